The minimum atomic E-state index is -0.800. The van der Waals surface area contributed by atoms with Crippen molar-refractivity contribution in [2.45, 2.75) is 26.5 Å². The van der Waals surface area contributed by atoms with E-state index in [4.69, 9.17) is 23.7 Å². The Morgan fingerprint density at radius 2 is 1.83 bits per heavy atom. The number of hydrazone groups is 1. The lowest BCUT2D eigenvalue weighted by Crippen LogP contribution is -2.45. The number of nitro benzene ring substituents is 1. The van der Waals surface area contributed by atoms with Crippen LogP contribution in [-0.2, 0) is 20.9 Å². The Balaban J connectivity index is 1.37. The number of nitrogens with zero attached hydrogens (tertiary/aromatic N) is 2. The third kappa shape index (κ3) is 8.79. The molecule has 0 fully saturated rings. The van der Waals surface area contributed by atoms with Crippen LogP contribution in [0.15, 0.2) is 75.4 Å². The highest BCUT2D eigenvalue weighted by Gasteiger charge is 2.32. The van der Waals surface area contributed by atoms with Crippen LogP contribution in [0.5, 0.6) is 23.0 Å². The Hall–Kier alpha value is -5.64. The van der Waals surface area contributed by atoms with Gasteiger partial charge in [0.15, 0.2) is 29.6 Å². The van der Waals surface area contributed by atoms with Crippen LogP contribution in [0.3, 0.4) is 0 Å². The van der Waals surface area contributed by atoms with Crippen LogP contribution in [0.2, 0.25) is 0 Å². The summed E-state index contributed by atoms with van der Waals surface area (Å²) in [6, 6.07) is 13.0. The van der Waals surface area contributed by atoms with E-state index >= 15 is 0 Å². The van der Waals surface area contributed by atoms with Crippen LogP contribution in [0.1, 0.15) is 36.6 Å². The van der Waals surface area contributed by atoms with E-state index in [-0.39, 0.29) is 36.0 Å². The molecule has 3 aromatic rings. The zero-order chi connectivity index (χ0) is 34.8. The molecular formula is C32H32BrN5O10. The topological polar surface area (TPSA) is 189 Å². The summed E-state index contributed by atoms with van der Waals surface area (Å²) in [6.45, 7) is 3.12. The van der Waals surface area contributed by atoms with Gasteiger partial charge in [0.2, 0.25) is 0 Å². The molecule has 0 aliphatic carbocycles. The number of allylic oxidation sites excluding steroid dienone is 1. The van der Waals surface area contributed by atoms with E-state index in [0.29, 0.717) is 38.4 Å². The molecule has 252 valence electrons. The maximum atomic E-state index is 12.6. The monoisotopic (exact) mass is 725 g/mol. The lowest BCUT2D eigenvalue weighted by Gasteiger charge is -2.28. The fourth-order valence-electron chi connectivity index (χ4n) is 4.63. The zero-order valence-corrected chi connectivity index (χ0v) is 27.9. The number of non-ortho nitro benzene ring substituents is 1. The van der Waals surface area contributed by atoms with Gasteiger partial charge in [-0.3, -0.25) is 14.9 Å². The van der Waals surface area contributed by atoms with Crippen molar-refractivity contribution in [2.24, 2.45) is 5.10 Å². The second-order valence-corrected chi connectivity index (χ2v) is 10.9. The van der Waals surface area contributed by atoms with E-state index < -0.39 is 35.5 Å². The number of urea groups is 1. The summed E-state index contributed by atoms with van der Waals surface area (Å²) in [5.74, 6) is 0.122. The Morgan fingerprint density at radius 3 is 2.54 bits per heavy atom. The molecule has 15 nitrogen and oxygen atoms in total. The van der Waals surface area contributed by atoms with Gasteiger partial charge >= 0.3 is 12.0 Å². The second kappa shape index (κ2) is 16.3. The maximum Gasteiger partial charge on any atom is 0.338 e. The van der Waals surface area contributed by atoms with Gasteiger partial charge in [0.1, 0.15) is 6.61 Å². The third-order valence-electron chi connectivity index (χ3n) is 6.80. The molecule has 1 atom stereocenters. The molecule has 0 unspecified atom stereocenters. The minimum absolute atomic E-state index is 0.0410. The van der Waals surface area contributed by atoms with Crippen molar-refractivity contribution in [1.82, 2.24) is 16.1 Å². The number of carbonyl (C=O) groups excluding carboxylic acids is 3. The summed E-state index contributed by atoms with van der Waals surface area (Å²) in [7, 11) is 2.88. The molecule has 48 heavy (non-hydrogen) atoms. The number of amides is 3. The summed E-state index contributed by atoms with van der Waals surface area (Å²) in [5, 5.41) is 20.3. The number of ether oxygens (including phenoxy) is 5. The highest BCUT2D eigenvalue weighted by molar-refractivity contribution is 9.10. The first-order valence-corrected chi connectivity index (χ1v) is 15.2. The first kappa shape index (κ1) is 35.2. The molecule has 0 radical (unpaired) electrons. The molecule has 0 spiro atoms. The lowest BCUT2D eigenvalue weighted by atomic mass is 9.95. The molecule has 16 heteroatoms. The van der Waals surface area contributed by atoms with Crippen molar-refractivity contribution in [2.75, 3.05) is 27.4 Å². The maximum absolute atomic E-state index is 12.6. The molecule has 0 saturated heterocycles. The molecule has 1 heterocycles. The van der Waals surface area contributed by atoms with Gasteiger partial charge in [-0.05, 0) is 70.7 Å². The molecule has 1 aliphatic rings. The molecule has 0 bridgehead atoms. The number of esters is 1. The molecule has 4 rings (SSSR count). The number of hydrogen-bond acceptors (Lipinski definition) is 11. The summed E-state index contributed by atoms with van der Waals surface area (Å²) in [4.78, 5) is 47.9. The summed E-state index contributed by atoms with van der Waals surface area (Å²) >= 11 is 3.45. The molecule has 0 aromatic heterocycles. The zero-order valence-electron chi connectivity index (χ0n) is 26.3. The summed E-state index contributed by atoms with van der Waals surface area (Å²) in [6.07, 6.45) is 1.40. The van der Waals surface area contributed by atoms with Crippen LogP contribution >= 0.6 is 15.9 Å². The third-order valence-corrected chi connectivity index (χ3v) is 7.39. The van der Waals surface area contributed by atoms with Crippen LogP contribution in [0.4, 0.5) is 10.5 Å². The van der Waals surface area contributed by atoms with E-state index in [2.05, 4.69) is 37.1 Å². The Morgan fingerprint density at radius 1 is 1.06 bits per heavy atom. The van der Waals surface area contributed by atoms with Crippen LogP contribution in [0.25, 0.3) is 0 Å². The Labute approximate surface area is 283 Å². The van der Waals surface area contributed by atoms with Gasteiger partial charge in [0, 0.05) is 17.8 Å². The first-order chi connectivity index (χ1) is 23.0. The van der Waals surface area contributed by atoms with E-state index in [1.54, 1.807) is 56.3 Å². The molecule has 3 N–H and O–H groups in total. The van der Waals surface area contributed by atoms with Crippen molar-refractivity contribution >= 4 is 45.7 Å². The second-order valence-electron chi connectivity index (χ2n) is 10.0. The van der Waals surface area contributed by atoms with Gasteiger partial charge < -0.3 is 34.3 Å². The SMILES string of the molecule is CCOC(=O)C1=C(C)NC(=O)N[C@H]1c1ccc(OCC(=O)N/N=C\c2cc(Br)c(OCc3cccc([N+](=O)[O-])c3)c(OC)c2)c(OC)c1. The van der Waals surface area contributed by atoms with Crippen molar-refractivity contribution in [3.8, 4) is 23.0 Å². The first-order valence-electron chi connectivity index (χ1n) is 14.4. The molecule has 3 aromatic carbocycles. The lowest BCUT2D eigenvalue weighted by molar-refractivity contribution is -0.384. The number of methoxy groups -OCH3 is 2. The van der Waals surface area contributed by atoms with Crippen molar-refractivity contribution in [3.05, 3.63) is 97.1 Å². The molecular weight excluding hydrogens is 694 g/mol. The average molecular weight is 727 g/mol. The number of nitro groups is 1. The number of halogens is 1. The van der Waals surface area contributed by atoms with Gasteiger partial charge in [-0.2, -0.15) is 5.10 Å². The molecule has 3 amide bonds. The predicted molar refractivity (Wildman–Crippen MR) is 176 cm³/mol. The fraction of sp³-hybridized carbons (Fsp3) is 0.250. The smallest absolute Gasteiger partial charge is 0.338 e. The van der Waals surface area contributed by atoms with Crippen molar-refractivity contribution < 1.29 is 43.0 Å². The van der Waals surface area contributed by atoms with Crippen molar-refractivity contribution in [1.29, 1.82) is 0 Å². The van der Waals surface area contributed by atoms with E-state index in [1.165, 1.54) is 32.6 Å². The van der Waals surface area contributed by atoms with E-state index in [0.717, 1.165) is 0 Å². The normalized spacial score (nSPS) is 14.1. The Bertz CT molecular complexity index is 1780. The fourth-order valence-corrected chi connectivity index (χ4v) is 5.20. The summed E-state index contributed by atoms with van der Waals surface area (Å²) in [5.41, 5.74) is 4.66. The van der Waals surface area contributed by atoms with Crippen LogP contribution in [0, 0.1) is 10.1 Å². The highest BCUT2D eigenvalue weighted by Crippen LogP contribution is 2.37. The standard InChI is InChI=1S/C32H32BrN5O10/c1-5-46-31(40)28-18(2)35-32(41)36-29(28)21-9-10-24(25(14-21)44-3)47-17-27(39)37-34-15-20-12-23(33)30(26(13-20)45-4)48-16-19-7-6-8-22(11-19)38(42)43/h6-15,29H,5,16-17H2,1-4H3,(H,37,39)(H2,35,36,41)/b34-15-/t29-/m0/s1. The van der Waals surface area contributed by atoms with Crippen LogP contribution < -0.4 is 35.0 Å². The number of carbonyl (C=O) groups is 3. The number of benzene rings is 3. The van der Waals surface area contributed by atoms with E-state index in [1.807, 2.05) is 0 Å². The van der Waals surface area contributed by atoms with Gasteiger partial charge in [-0.25, -0.2) is 15.0 Å². The number of rotatable bonds is 14. The van der Waals surface area contributed by atoms with Crippen molar-refractivity contribution in [3.63, 3.8) is 0 Å². The van der Waals surface area contributed by atoms with Gasteiger partial charge in [-0.15, -0.1) is 0 Å². The predicted octanol–water partition coefficient (Wildman–Crippen LogP) is 4.67. The van der Waals surface area contributed by atoms with Crippen LogP contribution in [-0.4, -0.2) is 56.5 Å². The largest absolute Gasteiger partial charge is 0.493 e. The quantitative estimate of drug-likeness (QED) is 0.0911. The highest BCUT2D eigenvalue weighted by atomic mass is 79.9. The minimum Gasteiger partial charge on any atom is -0.493 e. The van der Waals surface area contributed by atoms with E-state index in [9.17, 15) is 24.5 Å². The molecule has 1 aliphatic heterocycles. The number of hydrogen-bond donors (Lipinski definition) is 3. The van der Waals surface area contributed by atoms with Gasteiger partial charge in [0.25, 0.3) is 11.6 Å². The summed E-state index contributed by atoms with van der Waals surface area (Å²) < 4.78 is 28.1. The average Bonchev–Trinajstić information content (AvgIpc) is 3.06. The van der Waals surface area contributed by atoms with Gasteiger partial charge in [-0.1, -0.05) is 18.2 Å². The molecule has 0 saturated carbocycles. The Kier molecular flexibility index (Phi) is 11.9. The van der Waals surface area contributed by atoms with Gasteiger partial charge in [0.05, 0.1) is 48.1 Å². The number of nitrogens with one attached hydrogen (secondary N) is 3.